The highest BCUT2D eigenvalue weighted by Crippen LogP contribution is 2.37. The molecule has 0 fully saturated rings. The summed E-state index contributed by atoms with van der Waals surface area (Å²) in [6.45, 7) is 4.15. The average Bonchev–Trinajstić information content (AvgIpc) is 2.46. The Kier molecular flexibility index (Phi) is 4.83. The van der Waals surface area contributed by atoms with E-state index in [0.29, 0.717) is 11.5 Å². The van der Waals surface area contributed by atoms with Crippen molar-refractivity contribution >= 4 is 0 Å². The molecule has 2 aromatic carbocycles. The number of para-hydroxylation sites is 1. The third-order valence-corrected chi connectivity index (χ3v) is 3.49. The average molecular weight is 286 g/mol. The number of rotatable bonds is 5. The van der Waals surface area contributed by atoms with Crippen molar-refractivity contribution in [1.29, 1.82) is 0 Å². The van der Waals surface area contributed by atoms with Crippen LogP contribution in [-0.4, -0.2) is 14.2 Å². The maximum Gasteiger partial charge on any atom is 0.165 e. The minimum Gasteiger partial charge on any atom is -0.493 e. The number of hydrogen-bond donors (Lipinski definition) is 2. The number of aryl methyl sites for hydroxylation is 2. The van der Waals surface area contributed by atoms with E-state index >= 15 is 0 Å². The molecule has 0 saturated heterocycles. The molecule has 3 N–H and O–H groups in total. The summed E-state index contributed by atoms with van der Waals surface area (Å²) in [6, 6.07) is 12.0. The number of benzene rings is 2. The molecule has 2 aromatic rings. The molecule has 112 valence electrons. The highest BCUT2D eigenvalue weighted by Gasteiger charge is 2.20. The van der Waals surface area contributed by atoms with Gasteiger partial charge in [0.05, 0.1) is 20.3 Å². The van der Waals surface area contributed by atoms with Crippen molar-refractivity contribution in [3.8, 4) is 11.5 Å². The molecule has 4 nitrogen and oxygen atoms in total. The molecule has 4 heteroatoms. The molecular formula is C17H22N2O2. The van der Waals surface area contributed by atoms with Gasteiger partial charge >= 0.3 is 0 Å². The van der Waals surface area contributed by atoms with Crippen molar-refractivity contribution in [1.82, 2.24) is 5.43 Å². The lowest BCUT2D eigenvalue weighted by atomic mass is 9.95. The first-order valence-electron chi connectivity index (χ1n) is 6.86. The van der Waals surface area contributed by atoms with Gasteiger partial charge < -0.3 is 9.47 Å². The normalized spacial score (nSPS) is 12.0. The van der Waals surface area contributed by atoms with E-state index in [4.69, 9.17) is 15.3 Å². The number of hydrazine groups is 1. The Hall–Kier alpha value is -2.04. The van der Waals surface area contributed by atoms with Crippen LogP contribution >= 0.6 is 0 Å². The van der Waals surface area contributed by atoms with Crippen molar-refractivity contribution in [2.75, 3.05) is 14.2 Å². The van der Waals surface area contributed by atoms with Crippen LogP contribution < -0.4 is 20.7 Å². The summed E-state index contributed by atoms with van der Waals surface area (Å²) in [5.41, 5.74) is 7.33. The van der Waals surface area contributed by atoms with E-state index in [0.717, 1.165) is 11.1 Å². The summed E-state index contributed by atoms with van der Waals surface area (Å²) in [6.07, 6.45) is 0. The monoisotopic (exact) mass is 286 g/mol. The summed E-state index contributed by atoms with van der Waals surface area (Å²) in [5, 5.41) is 0. The van der Waals surface area contributed by atoms with Gasteiger partial charge in [-0.1, -0.05) is 41.5 Å². The molecule has 0 radical (unpaired) electrons. The first-order valence-corrected chi connectivity index (χ1v) is 6.86. The van der Waals surface area contributed by atoms with E-state index in [1.54, 1.807) is 14.2 Å². The highest BCUT2D eigenvalue weighted by molar-refractivity contribution is 5.51. The largest absolute Gasteiger partial charge is 0.493 e. The molecule has 21 heavy (non-hydrogen) atoms. The van der Waals surface area contributed by atoms with Gasteiger partial charge in [0, 0.05) is 5.56 Å². The fourth-order valence-corrected chi connectivity index (χ4v) is 2.68. The van der Waals surface area contributed by atoms with E-state index < -0.39 is 0 Å². The number of ether oxygens (including phenoxy) is 2. The number of hydrogen-bond acceptors (Lipinski definition) is 4. The SMILES string of the molecule is COc1cccc(C(NN)c2cc(C)cc(C)c2)c1OC. The maximum absolute atomic E-state index is 5.81. The van der Waals surface area contributed by atoms with Gasteiger partial charge in [-0.15, -0.1) is 0 Å². The Morgan fingerprint density at radius 1 is 1.00 bits per heavy atom. The van der Waals surface area contributed by atoms with Gasteiger partial charge in [0.15, 0.2) is 11.5 Å². The lowest BCUT2D eigenvalue weighted by Crippen LogP contribution is -2.29. The molecule has 0 aliphatic rings. The summed E-state index contributed by atoms with van der Waals surface area (Å²) in [4.78, 5) is 0. The fourth-order valence-electron chi connectivity index (χ4n) is 2.68. The molecule has 0 spiro atoms. The summed E-state index contributed by atoms with van der Waals surface area (Å²) in [7, 11) is 3.26. The lowest BCUT2D eigenvalue weighted by molar-refractivity contribution is 0.349. The Morgan fingerprint density at radius 3 is 2.19 bits per heavy atom. The molecule has 0 aliphatic heterocycles. The van der Waals surface area contributed by atoms with Crippen molar-refractivity contribution in [3.63, 3.8) is 0 Å². The minimum atomic E-state index is -0.159. The zero-order valence-corrected chi connectivity index (χ0v) is 12.9. The predicted molar refractivity (Wildman–Crippen MR) is 84.6 cm³/mol. The maximum atomic E-state index is 5.81. The Balaban J connectivity index is 2.56. The minimum absolute atomic E-state index is 0.159. The molecule has 1 atom stereocenters. The van der Waals surface area contributed by atoms with Crippen LogP contribution in [0, 0.1) is 13.8 Å². The molecule has 0 aliphatic carbocycles. The number of nitrogens with one attached hydrogen (secondary N) is 1. The van der Waals surface area contributed by atoms with Gasteiger partial charge in [0.25, 0.3) is 0 Å². The molecule has 0 aromatic heterocycles. The van der Waals surface area contributed by atoms with Crippen molar-refractivity contribution in [2.24, 2.45) is 5.84 Å². The van der Waals surface area contributed by atoms with E-state index in [2.05, 4.69) is 37.5 Å². The predicted octanol–water partition coefficient (Wildman–Crippen LogP) is 2.87. The van der Waals surface area contributed by atoms with E-state index in [1.165, 1.54) is 11.1 Å². The van der Waals surface area contributed by atoms with Gasteiger partial charge in [-0.3, -0.25) is 5.84 Å². The van der Waals surface area contributed by atoms with Crippen LogP contribution in [0.5, 0.6) is 11.5 Å². The van der Waals surface area contributed by atoms with Crippen molar-refractivity contribution in [3.05, 3.63) is 58.7 Å². The van der Waals surface area contributed by atoms with Crippen LogP contribution in [0.15, 0.2) is 36.4 Å². The van der Waals surface area contributed by atoms with Crippen molar-refractivity contribution in [2.45, 2.75) is 19.9 Å². The first-order chi connectivity index (χ1) is 10.1. The molecule has 2 rings (SSSR count). The van der Waals surface area contributed by atoms with E-state index in [-0.39, 0.29) is 6.04 Å². The van der Waals surface area contributed by atoms with Crippen LogP contribution in [0.3, 0.4) is 0 Å². The van der Waals surface area contributed by atoms with E-state index in [1.807, 2.05) is 18.2 Å². The molecule has 0 amide bonds. The third-order valence-electron chi connectivity index (χ3n) is 3.49. The first kappa shape index (κ1) is 15.4. The summed E-state index contributed by atoms with van der Waals surface area (Å²) < 4.78 is 10.9. The van der Waals surface area contributed by atoms with Crippen LogP contribution in [0.1, 0.15) is 28.3 Å². The third kappa shape index (κ3) is 3.17. The van der Waals surface area contributed by atoms with Gasteiger partial charge in [0.1, 0.15) is 0 Å². The Morgan fingerprint density at radius 2 is 1.67 bits per heavy atom. The van der Waals surface area contributed by atoms with E-state index in [9.17, 15) is 0 Å². The van der Waals surface area contributed by atoms with Gasteiger partial charge in [-0.25, -0.2) is 5.43 Å². The van der Waals surface area contributed by atoms with Crippen LogP contribution in [0.4, 0.5) is 0 Å². The van der Waals surface area contributed by atoms with Gasteiger partial charge in [-0.2, -0.15) is 0 Å². The summed E-state index contributed by atoms with van der Waals surface area (Å²) in [5.74, 6) is 7.20. The number of methoxy groups -OCH3 is 2. The fraction of sp³-hybridized carbons (Fsp3) is 0.294. The van der Waals surface area contributed by atoms with Crippen LogP contribution in [-0.2, 0) is 0 Å². The zero-order valence-electron chi connectivity index (χ0n) is 12.9. The highest BCUT2D eigenvalue weighted by atomic mass is 16.5. The second-order valence-corrected chi connectivity index (χ2v) is 5.10. The topological polar surface area (TPSA) is 56.5 Å². The Bertz CT molecular complexity index is 606. The summed E-state index contributed by atoms with van der Waals surface area (Å²) >= 11 is 0. The van der Waals surface area contributed by atoms with Crippen LogP contribution in [0.2, 0.25) is 0 Å². The van der Waals surface area contributed by atoms with Crippen molar-refractivity contribution < 1.29 is 9.47 Å². The molecular weight excluding hydrogens is 264 g/mol. The standard InChI is InChI=1S/C17H22N2O2/c1-11-8-12(2)10-13(9-11)16(19-18)14-6-5-7-15(20-3)17(14)21-4/h5-10,16,19H,18H2,1-4H3. The molecule has 0 heterocycles. The lowest BCUT2D eigenvalue weighted by Gasteiger charge is -2.21. The van der Waals surface area contributed by atoms with Crippen LogP contribution in [0.25, 0.3) is 0 Å². The quantitative estimate of drug-likeness (QED) is 0.655. The molecule has 1 unspecified atom stereocenters. The van der Waals surface area contributed by atoms with Gasteiger partial charge in [0.2, 0.25) is 0 Å². The molecule has 0 saturated carbocycles. The van der Waals surface area contributed by atoms with Gasteiger partial charge in [-0.05, 0) is 25.5 Å². The smallest absolute Gasteiger partial charge is 0.165 e. The number of nitrogens with two attached hydrogens (primary N) is 1. The second-order valence-electron chi connectivity index (χ2n) is 5.10. The second kappa shape index (κ2) is 6.61. The molecule has 0 bridgehead atoms. The Labute approximate surface area is 125 Å². The zero-order chi connectivity index (χ0) is 15.4.